The molecule has 104 valence electrons. The Hall–Kier alpha value is -0.550. The van der Waals surface area contributed by atoms with Crippen molar-refractivity contribution in [3.63, 3.8) is 0 Å². The molecule has 0 aliphatic carbocycles. The van der Waals surface area contributed by atoms with Crippen LogP contribution in [0.3, 0.4) is 0 Å². The SMILES string of the molecule is CC(=O)SCCC(=O)OC(C)(C)C1CC[NH2+]CC1. The van der Waals surface area contributed by atoms with Gasteiger partial charge in [-0.05, 0) is 13.8 Å². The fraction of sp³-hybridized carbons (Fsp3) is 0.846. The van der Waals surface area contributed by atoms with Crippen molar-refractivity contribution in [1.29, 1.82) is 0 Å². The number of rotatable bonds is 5. The number of thioether (sulfide) groups is 1. The number of carbonyl (C=O) groups excluding carboxylic acids is 2. The molecule has 0 aromatic heterocycles. The molecule has 2 N–H and O–H groups in total. The fourth-order valence-corrected chi connectivity index (χ4v) is 2.88. The molecule has 1 aliphatic rings. The highest BCUT2D eigenvalue weighted by Gasteiger charge is 2.35. The predicted molar refractivity (Wildman–Crippen MR) is 72.3 cm³/mol. The van der Waals surface area contributed by atoms with Gasteiger partial charge in [0.25, 0.3) is 0 Å². The zero-order valence-electron chi connectivity index (χ0n) is 11.5. The van der Waals surface area contributed by atoms with E-state index in [-0.39, 0.29) is 16.7 Å². The summed E-state index contributed by atoms with van der Waals surface area (Å²) in [6.07, 6.45) is 2.51. The first-order valence-electron chi connectivity index (χ1n) is 6.58. The van der Waals surface area contributed by atoms with E-state index in [2.05, 4.69) is 5.32 Å². The molecule has 1 rings (SSSR count). The zero-order valence-corrected chi connectivity index (χ0v) is 12.3. The molecule has 0 spiro atoms. The van der Waals surface area contributed by atoms with Crippen LogP contribution in [0.25, 0.3) is 0 Å². The molecule has 18 heavy (non-hydrogen) atoms. The van der Waals surface area contributed by atoms with Gasteiger partial charge in [0.1, 0.15) is 5.60 Å². The number of nitrogens with two attached hydrogens (primary N) is 1. The van der Waals surface area contributed by atoms with Gasteiger partial charge in [-0.15, -0.1) is 0 Å². The van der Waals surface area contributed by atoms with Gasteiger partial charge < -0.3 is 10.1 Å². The van der Waals surface area contributed by atoms with Crippen molar-refractivity contribution in [2.45, 2.75) is 45.6 Å². The summed E-state index contributed by atoms with van der Waals surface area (Å²) < 4.78 is 5.58. The van der Waals surface area contributed by atoms with Crippen LogP contribution in [0.5, 0.6) is 0 Å². The van der Waals surface area contributed by atoms with Crippen LogP contribution in [0.4, 0.5) is 0 Å². The first-order valence-corrected chi connectivity index (χ1v) is 7.57. The monoisotopic (exact) mass is 274 g/mol. The Morgan fingerprint density at radius 1 is 1.33 bits per heavy atom. The molecule has 4 nitrogen and oxygen atoms in total. The summed E-state index contributed by atoms with van der Waals surface area (Å²) in [6, 6.07) is 0. The first kappa shape index (κ1) is 15.5. The molecular formula is C13H24NO3S+. The third-order valence-electron chi connectivity index (χ3n) is 3.41. The smallest absolute Gasteiger partial charge is 0.307 e. The minimum absolute atomic E-state index is 0.0462. The summed E-state index contributed by atoms with van der Waals surface area (Å²) in [6.45, 7) is 7.74. The molecular weight excluding hydrogens is 250 g/mol. The van der Waals surface area contributed by atoms with E-state index < -0.39 is 0 Å². The van der Waals surface area contributed by atoms with Crippen molar-refractivity contribution in [3.8, 4) is 0 Å². The number of quaternary nitrogens is 1. The van der Waals surface area contributed by atoms with Gasteiger partial charge in [-0.1, -0.05) is 11.8 Å². The number of hydrogen-bond acceptors (Lipinski definition) is 4. The highest BCUT2D eigenvalue weighted by Crippen LogP contribution is 2.28. The van der Waals surface area contributed by atoms with Crippen molar-refractivity contribution in [2.75, 3.05) is 18.8 Å². The minimum atomic E-state index is -0.383. The number of carbonyl (C=O) groups is 2. The van der Waals surface area contributed by atoms with Gasteiger partial charge in [0.05, 0.1) is 19.5 Å². The van der Waals surface area contributed by atoms with E-state index in [1.807, 2.05) is 13.8 Å². The molecule has 1 fully saturated rings. The van der Waals surface area contributed by atoms with E-state index in [0.717, 1.165) is 25.9 Å². The van der Waals surface area contributed by atoms with Gasteiger partial charge in [0, 0.05) is 31.4 Å². The van der Waals surface area contributed by atoms with Crippen LogP contribution in [-0.2, 0) is 14.3 Å². The highest BCUT2D eigenvalue weighted by molar-refractivity contribution is 8.13. The molecule has 1 heterocycles. The Labute approximate surface area is 113 Å². The van der Waals surface area contributed by atoms with E-state index in [0.29, 0.717) is 18.1 Å². The van der Waals surface area contributed by atoms with Crippen LogP contribution in [0.15, 0.2) is 0 Å². The lowest BCUT2D eigenvalue weighted by atomic mass is 9.83. The molecule has 0 unspecified atom stereocenters. The Morgan fingerprint density at radius 2 is 1.94 bits per heavy atom. The second-order valence-corrected chi connectivity index (χ2v) is 6.58. The predicted octanol–water partition coefficient (Wildman–Crippen LogP) is 0.951. The second kappa shape index (κ2) is 7.14. The second-order valence-electron chi connectivity index (χ2n) is 5.31. The molecule has 0 bridgehead atoms. The Balaban J connectivity index is 2.34. The summed E-state index contributed by atoms with van der Waals surface area (Å²) in [5.74, 6) is 0.776. The maximum Gasteiger partial charge on any atom is 0.307 e. The average molecular weight is 274 g/mol. The van der Waals surface area contributed by atoms with Gasteiger partial charge in [0.2, 0.25) is 0 Å². The topological polar surface area (TPSA) is 60.0 Å². The summed E-state index contributed by atoms with van der Waals surface area (Å²) in [5.41, 5.74) is -0.383. The minimum Gasteiger partial charge on any atom is -0.459 e. The lowest BCUT2D eigenvalue weighted by Crippen LogP contribution is -2.86. The van der Waals surface area contributed by atoms with Crippen molar-refractivity contribution < 1.29 is 19.6 Å². The van der Waals surface area contributed by atoms with Crippen molar-refractivity contribution in [3.05, 3.63) is 0 Å². The third kappa shape index (κ3) is 5.40. The molecule has 1 saturated heterocycles. The molecule has 0 radical (unpaired) electrons. The van der Waals surface area contributed by atoms with E-state index in [1.165, 1.54) is 18.7 Å². The molecule has 5 heteroatoms. The maximum absolute atomic E-state index is 11.7. The quantitative estimate of drug-likeness (QED) is 0.758. The van der Waals surface area contributed by atoms with Crippen LogP contribution in [0, 0.1) is 5.92 Å². The van der Waals surface area contributed by atoms with E-state index in [1.54, 1.807) is 0 Å². The highest BCUT2D eigenvalue weighted by atomic mass is 32.2. The Bertz CT molecular complexity index is 299. The van der Waals surface area contributed by atoms with Gasteiger partial charge in [0.15, 0.2) is 5.12 Å². The molecule has 0 atom stereocenters. The van der Waals surface area contributed by atoms with Crippen LogP contribution in [0.1, 0.15) is 40.0 Å². The molecule has 0 aromatic carbocycles. The van der Waals surface area contributed by atoms with Crippen molar-refractivity contribution >= 4 is 22.8 Å². The average Bonchev–Trinajstić information content (AvgIpc) is 2.29. The number of ether oxygens (including phenoxy) is 1. The van der Waals surface area contributed by atoms with Crippen LogP contribution in [0.2, 0.25) is 0 Å². The largest absolute Gasteiger partial charge is 0.459 e. The lowest BCUT2D eigenvalue weighted by Gasteiger charge is -2.35. The van der Waals surface area contributed by atoms with Gasteiger partial charge in [-0.3, -0.25) is 9.59 Å². The van der Waals surface area contributed by atoms with Gasteiger partial charge in [-0.25, -0.2) is 0 Å². The Kier molecular flexibility index (Phi) is 6.15. The first-order chi connectivity index (χ1) is 8.42. The molecule has 1 aliphatic heterocycles. The Morgan fingerprint density at radius 3 is 2.50 bits per heavy atom. The molecule has 0 saturated carbocycles. The number of esters is 1. The lowest BCUT2D eigenvalue weighted by molar-refractivity contribution is -0.665. The fourth-order valence-electron chi connectivity index (χ4n) is 2.33. The summed E-state index contributed by atoms with van der Waals surface area (Å²) in [7, 11) is 0. The normalized spacial score (nSPS) is 17.5. The summed E-state index contributed by atoms with van der Waals surface area (Å²) in [4.78, 5) is 22.5. The summed E-state index contributed by atoms with van der Waals surface area (Å²) >= 11 is 1.18. The molecule has 0 amide bonds. The molecule has 0 aromatic rings. The zero-order chi connectivity index (χ0) is 13.6. The van der Waals surface area contributed by atoms with Gasteiger partial charge in [-0.2, -0.15) is 0 Å². The van der Waals surface area contributed by atoms with E-state index in [9.17, 15) is 9.59 Å². The maximum atomic E-state index is 11.7. The van der Waals surface area contributed by atoms with Crippen molar-refractivity contribution in [1.82, 2.24) is 0 Å². The number of hydrogen-bond donors (Lipinski definition) is 1. The van der Waals surface area contributed by atoms with Crippen LogP contribution < -0.4 is 5.32 Å². The van der Waals surface area contributed by atoms with Crippen molar-refractivity contribution in [2.24, 2.45) is 5.92 Å². The van der Waals surface area contributed by atoms with E-state index in [4.69, 9.17) is 4.74 Å². The van der Waals surface area contributed by atoms with Crippen LogP contribution in [-0.4, -0.2) is 35.5 Å². The van der Waals surface area contributed by atoms with Gasteiger partial charge >= 0.3 is 5.97 Å². The number of piperidine rings is 1. The van der Waals surface area contributed by atoms with E-state index >= 15 is 0 Å². The summed E-state index contributed by atoms with van der Waals surface area (Å²) in [5, 5.41) is 2.35. The van der Waals surface area contributed by atoms with Crippen LogP contribution >= 0.6 is 11.8 Å². The third-order valence-corrected chi connectivity index (χ3v) is 4.22. The standard InChI is InChI=1S/C13H23NO3S/c1-10(15)18-9-6-12(16)17-13(2,3)11-4-7-14-8-5-11/h11,14H,4-9H2,1-3H3/p+1.